The number of nitrogens with one attached hydrogen (secondary N) is 1. The van der Waals surface area contributed by atoms with Crippen LogP contribution in [0.2, 0.25) is 0 Å². The second-order valence-electron chi connectivity index (χ2n) is 11.7. The third-order valence-electron chi connectivity index (χ3n) is 8.43. The van der Waals surface area contributed by atoms with Crippen LogP contribution in [-0.4, -0.2) is 73.4 Å². The molecule has 12 heteroatoms. The fourth-order valence-electron chi connectivity index (χ4n) is 5.98. The maximum Gasteiger partial charge on any atom is 0.412 e. The van der Waals surface area contributed by atoms with Gasteiger partial charge in [-0.1, -0.05) is 0 Å². The smallest absolute Gasteiger partial charge is 0.412 e. The monoisotopic (exact) mass is 596 g/mol. The molecule has 5 heterocycles. The van der Waals surface area contributed by atoms with Crippen LogP contribution in [-0.2, 0) is 18.3 Å². The van der Waals surface area contributed by atoms with Crippen molar-refractivity contribution in [1.29, 1.82) is 0 Å². The number of nitrogens with zero attached hydrogens (tertiary/aromatic N) is 6. The number of hydrogen-bond acceptors (Lipinski definition) is 7. The minimum atomic E-state index is -1.12. The summed E-state index contributed by atoms with van der Waals surface area (Å²) in [5.41, 5.74) is 11.4. The van der Waals surface area contributed by atoms with Crippen molar-refractivity contribution in [2.45, 2.75) is 38.0 Å². The molecule has 4 aromatic heterocycles. The van der Waals surface area contributed by atoms with E-state index in [1.165, 1.54) is 24.9 Å². The number of likely N-dealkylation sites (tertiary alicyclic amines) is 1. The summed E-state index contributed by atoms with van der Waals surface area (Å²) in [5.74, 6) is 1.50. The number of ether oxygens (including phenoxy) is 1. The van der Waals surface area contributed by atoms with Crippen LogP contribution >= 0.6 is 0 Å². The zero-order valence-electron chi connectivity index (χ0n) is 24.5. The Bertz CT molecular complexity index is 1890. The lowest BCUT2D eigenvalue weighted by molar-refractivity contribution is 0.0607. The maximum atomic E-state index is 14.2. The van der Waals surface area contributed by atoms with Gasteiger partial charge in [-0.2, -0.15) is 0 Å². The Morgan fingerprint density at radius 1 is 1.09 bits per heavy atom. The van der Waals surface area contributed by atoms with Gasteiger partial charge < -0.3 is 24.5 Å². The molecule has 0 unspecified atom stereocenters. The number of halogens is 1. The predicted octanol–water partition coefficient (Wildman–Crippen LogP) is 4.75. The first-order valence-electron chi connectivity index (χ1n) is 14.7. The van der Waals surface area contributed by atoms with E-state index in [1.807, 2.05) is 35.9 Å². The highest BCUT2D eigenvalue weighted by molar-refractivity contribution is 5.98. The van der Waals surface area contributed by atoms with Crippen LogP contribution < -0.4 is 11.1 Å². The van der Waals surface area contributed by atoms with Gasteiger partial charge >= 0.3 is 6.09 Å². The number of rotatable bonds is 6. The lowest BCUT2D eigenvalue weighted by Gasteiger charge is -2.33. The SMILES string of the molecule is COC(=O)Nc1ccc(-c2ccc3cc(-c4nc5cc(C(=O)N6C[C@H](N)C[C@@H](F)C6)ccc5n4C)n(CC4CC4)c3n2)cn1. The highest BCUT2D eigenvalue weighted by Crippen LogP contribution is 2.37. The van der Waals surface area contributed by atoms with Gasteiger partial charge in [0.15, 0.2) is 5.82 Å². The number of fused-ring (bicyclic) bond motifs is 2. The Hall–Kier alpha value is -4.84. The molecule has 0 spiro atoms. The summed E-state index contributed by atoms with van der Waals surface area (Å²) in [4.78, 5) is 40.6. The Balaban J connectivity index is 1.25. The van der Waals surface area contributed by atoms with Crippen molar-refractivity contribution in [2.24, 2.45) is 18.7 Å². The first-order chi connectivity index (χ1) is 21.3. The zero-order chi connectivity index (χ0) is 30.5. The lowest BCUT2D eigenvalue weighted by atomic mass is 10.0. The molecule has 44 heavy (non-hydrogen) atoms. The first kappa shape index (κ1) is 28.0. The zero-order valence-corrected chi connectivity index (χ0v) is 24.5. The normalized spacial score (nSPS) is 18.6. The predicted molar refractivity (Wildman–Crippen MR) is 165 cm³/mol. The van der Waals surface area contributed by atoms with Crippen molar-refractivity contribution < 1.29 is 18.7 Å². The van der Waals surface area contributed by atoms with Gasteiger partial charge in [0.1, 0.15) is 17.6 Å². The van der Waals surface area contributed by atoms with E-state index < -0.39 is 12.3 Å². The number of nitrogens with two attached hydrogens (primary N) is 1. The number of imidazole rings is 1. The molecule has 3 N–H and O–H groups in total. The molecule has 5 aromatic rings. The van der Waals surface area contributed by atoms with Gasteiger partial charge in [0.05, 0.1) is 36.1 Å². The molecule has 1 aliphatic heterocycles. The van der Waals surface area contributed by atoms with Crippen LogP contribution in [0.25, 0.3) is 44.8 Å². The van der Waals surface area contributed by atoms with Crippen LogP contribution in [0.1, 0.15) is 29.6 Å². The Morgan fingerprint density at radius 2 is 1.93 bits per heavy atom. The number of anilines is 1. The number of hydrogen-bond donors (Lipinski definition) is 2. The Kier molecular flexibility index (Phi) is 7.00. The average molecular weight is 597 g/mol. The van der Waals surface area contributed by atoms with Gasteiger partial charge in [0.2, 0.25) is 0 Å². The van der Waals surface area contributed by atoms with Gasteiger partial charge in [-0.15, -0.1) is 0 Å². The number of pyridine rings is 2. The van der Waals surface area contributed by atoms with E-state index in [0.717, 1.165) is 45.9 Å². The molecule has 2 fully saturated rings. The van der Waals surface area contributed by atoms with Crippen LogP contribution in [0.15, 0.2) is 54.7 Å². The summed E-state index contributed by atoms with van der Waals surface area (Å²) in [5, 5.41) is 3.55. The molecule has 0 bridgehead atoms. The number of carbonyl (C=O) groups excluding carboxylic acids is 2. The number of carbonyl (C=O) groups is 2. The molecule has 11 nitrogen and oxygen atoms in total. The number of aryl methyl sites for hydroxylation is 1. The number of piperidine rings is 1. The van der Waals surface area contributed by atoms with Crippen LogP contribution in [0.3, 0.4) is 0 Å². The van der Waals surface area contributed by atoms with E-state index in [0.29, 0.717) is 29.4 Å². The lowest BCUT2D eigenvalue weighted by Crippen LogP contribution is -2.50. The van der Waals surface area contributed by atoms with Gasteiger partial charge in [-0.05, 0) is 73.7 Å². The van der Waals surface area contributed by atoms with E-state index >= 15 is 0 Å². The van der Waals surface area contributed by atoms with E-state index in [9.17, 15) is 14.0 Å². The largest absolute Gasteiger partial charge is 0.453 e. The molecular weight excluding hydrogens is 563 g/mol. The standard InChI is InChI=1S/C32H33FN8O3/c1-39-26-9-6-20(31(42)40-16-22(33)13-23(34)17-40)11-25(26)37-30(39)27-12-19-5-8-24(36-29(19)41(27)15-18-3-4-18)21-7-10-28(35-14-21)38-32(43)44-2/h5-12,14,18,22-23H,3-4,13,15-17,34H2,1-2H3,(H,35,38,43)/t22-,23-/m1/s1. The molecule has 1 saturated heterocycles. The van der Waals surface area contributed by atoms with Crippen LogP contribution in [0.4, 0.5) is 15.0 Å². The van der Waals surface area contributed by atoms with Gasteiger partial charge in [-0.25, -0.2) is 24.1 Å². The van der Waals surface area contributed by atoms with E-state index in [-0.39, 0.29) is 24.9 Å². The Morgan fingerprint density at radius 3 is 2.66 bits per heavy atom. The third kappa shape index (κ3) is 5.25. The highest BCUT2D eigenvalue weighted by Gasteiger charge is 2.30. The molecule has 1 saturated carbocycles. The van der Waals surface area contributed by atoms with Crippen LogP contribution in [0.5, 0.6) is 0 Å². The second-order valence-corrected chi connectivity index (χ2v) is 11.7. The summed E-state index contributed by atoms with van der Waals surface area (Å²) in [6.07, 6.45) is 2.59. The Labute approximate surface area is 252 Å². The van der Waals surface area contributed by atoms with E-state index in [1.54, 1.807) is 24.4 Å². The van der Waals surface area contributed by atoms with E-state index in [2.05, 4.69) is 25.7 Å². The van der Waals surface area contributed by atoms with Crippen molar-refractivity contribution in [1.82, 2.24) is 29.0 Å². The molecule has 0 radical (unpaired) electrons. The minimum absolute atomic E-state index is 0.0544. The molecule has 7 rings (SSSR count). The fourth-order valence-corrected chi connectivity index (χ4v) is 5.98. The fraction of sp³-hybridized carbons (Fsp3) is 0.344. The van der Waals surface area contributed by atoms with Gasteiger partial charge in [0, 0.05) is 48.9 Å². The van der Waals surface area contributed by atoms with Crippen molar-refractivity contribution in [3.63, 3.8) is 0 Å². The molecule has 2 atom stereocenters. The molecule has 1 aromatic carbocycles. The number of amides is 2. The molecule has 2 amide bonds. The average Bonchev–Trinajstić information content (AvgIpc) is 3.70. The summed E-state index contributed by atoms with van der Waals surface area (Å²) in [6.45, 7) is 1.21. The summed E-state index contributed by atoms with van der Waals surface area (Å²) < 4.78 is 23.1. The molecular formula is C32H33FN8O3. The second kappa shape index (κ2) is 11.0. The van der Waals surface area contributed by atoms with E-state index in [4.69, 9.17) is 15.7 Å². The van der Waals surface area contributed by atoms with Crippen molar-refractivity contribution in [3.8, 4) is 22.8 Å². The van der Waals surface area contributed by atoms with Crippen molar-refractivity contribution >= 4 is 39.9 Å². The number of aromatic nitrogens is 5. The highest BCUT2D eigenvalue weighted by atomic mass is 19.1. The molecule has 226 valence electrons. The number of benzene rings is 1. The maximum absolute atomic E-state index is 14.2. The summed E-state index contributed by atoms with van der Waals surface area (Å²) in [6, 6.07) is 14.8. The summed E-state index contributed by atoms with van der Waals surface area (Å²) >= 11 is 0. The van der Waals surface area contributed by atoms with Gasteiger partial charge in [0.25, 0.3) is 5.91 Å². The topological polar surface area (TPSA) is 133 Å². The molecule has 2 aliphatic rings. The molecule has 1 aliphatic carbocycles. The number of alkyl halides is 1. The quantitative estimate of drug-likeness (QED) is 0.289. The third-order valence-corrected chi connectivity index (χ3v) is 8.43. The van der Waals surface area contributed by atoms with Crippen molar-refractivity contribution in [3.05, 3.63) is 60.3 Å². The summed E-state index contributed by atoms with van der Waals surface area (Å²) in [7, 11) is 3.27. The minimum Gasteiger partial charge on any atom is -0.453 e. The first-order valence-corrected chi connectivity index (χ1v) is 14.7. The van der Waals surface area contributed by atoms with Crippen molar-refractivity contribution in [2.75, 3.05) is 25.5 Å². The van der Waals surface area contributed by atoms with Gasteiger partial charge in [-0.3, -0.25) is 10.1 Å². The van der Waals surface area contributed by atoms with Crippen LogP contribution in [0, 0.1) is 5.92 Å². The number of methoxy groups -OCH3 is 1.